The Bertz CT molecular complexity index is 2710. The summed E-state index contributed by atoms with van der Waals surface area (Å²) >= 11 is 3.28. The normalized spacial score (nSPS) is 10.7. The molecule has 8 aromatic rings. The minimum atomic E-state index is -0.574. The van der Waals surface area contributed by atoms with E-state index in [0.29, 0.717) is 45.0 Å². The van der Waals surface area contributed by atoms with Crippen LogP contribution in [-0.4, -0.2) is 67.5 Å². The van der Waals surface area contributed by atoms with E-state index >= 15 is 0 Å². The number of carbonyl (C=O) groups is 1. The van der Waals surface area contributed by atoms with E-state index in [-0.39, 0.29) is 17.1 Å². The van der Waals surface area contributed by atoms with E-state index in [9.17, 15) is 9.59 Å². The molecule has 17 nitrogen and oxygen atoms in total. The molecule has 0 unspecified atom stereocenters. The van der Waals surface area contributed by atoms with Crippen LogP contribution in [0.3, 0.4) is 0 Å². The van der Waals surface area contributed by atoms with Gasteiger partial charge < -0.3 is 36.5 Å². The van der Waals surface area contributed by atoms with Crippen molar-refractivity contribution in [3.63, 3.8) is 0 Å². The minimum Gasteiger partial charge on any atom is -0.464 e. The van der Waals surface area contributed by atoms with E-state index in [0.717, 1.165) is 33.2 Å². The molecule has 18 heteroatoms. The number of nitrogens with one attached hydrogen (secondary N) is 2. The predicted octanol–water partition coefficient (Wildman–Crippen LogP) is 4.79. The maximum atomic E-state index is 11.6. The molecule has 0 aliphatic rings. The van der Waals surface area contributed by atoms with Crippen LogP contribution in [0, 0.1) is 13.8 Å². The molecule has 0 saturated heterocycles. The zero-order chi connectivity index (χ0) is 38.5. The lowest BCUT2D eigenvalue weighted by Crippen LogP contribution is -2.14. The van der Waals surface area contributed by atoms with Gasteiger partial charge in [-0.1, -0.05) is 12.1 Å². The number of carbonyl (C=O) groups excluding carboxylic acids is 1. The van der Waals surface area contributed by atoms with Gasteiger partial charge in [0.05, 0.1) is 47.3 Å². The number of esters is 1. The Morgan fingerprint density at radius 2 is 1.31 bits per heavy atom. The average molecular weight is 790 g/mol. The number of aromatic nitrogens is 11. The van der Waals surface area contributed by atoms with Crippen molar-refractivity contribution in [3.8, 4) is 34.3 Å². The summed E-state index contributed by atoms with van der Waals surface area (Å²) in [5.41, 5.74) is 25.5. The molecular formula is C36H33BrN14O3. The summed E-state index contributed by atoms with van der Waals surface area (Å²) in [5, 5.41) is 0. The van der Waals surface area contributed by atoms with Gasteiger partial charge in [-0.15, -0.1) is 0 Å². The lowest BCUT2D eigenvalue weighted by Gasteiger charge is -2.06. The van der Waals surface area contributed by atoms with Crippen LogP contribution in [0.4, 0.5) is 17.5 Å². The Hall–Kier alpha value is -7.08. The maximum absolute atomic E-state index is 11.6. The molecule has 0 aliphatic carbocycles. The lowest BCUT2D eigenvalue weighted by molar-refractivity contribution is 0.0595. The van der Waals surface area contributed by atoms with Gasteiger partial charge in [0.2, 0.25) is 5.56 Å². The van der Waals surface area contributed by atoms with E-state index < -0.39 is 5.97 Å². The number of fused-ring (bicyclic) bond motifs is 2. The van der Waals surface area contributed by atoms with Crippen molar-refractivity contribution < 1.29 is 9.53 Å². The van der Waals surface area contributed by atoms with Crippen LogP contribution < -0.4 is 22.8 Å². The molecule has 6 heterocycles. The fourth-order valence-electron chi connectivity index (χ4n) is 5.08. The molecule has 0 radical (unpaired) electrons. The summed E-state index contributed by atoms with van der Waals surface area (Å²) in [7, 11) is 2.95. The largest absolute Gasteiger partial charge is 0.464 e. The topological polar surface area (TPSA) is 261 Å². The third-order valence-corrected chi connectivity index (χ3v) is 8.16. The number of imidazole rings is 2. The first-order valence-corrected chi connectivity index (χ1v) is 16.8. The molecule has 54 heavy (non-hydrogen) atoms. The second-order valence-corrected chi connectivity index (χ2v) is 12.6. The van der Waals surface area contributed by atoms with E-state index in [1.165, 1.54) is 35.7 Å². The highest BCUT2D eigenvalue weighted by molar-refractivity contribution is 9.10. The van der Waals surface area contributed by atoms with Crippen LogP contribution in [0.1, 0.15) is 21.6 Å². The van der Waals surface area contributed by atoms with Crippen molar-refractivity contribution in [2.24, 2.45) is 7.05 Å². The Morgan fingerprint density at radius 3 is 1.89 bits per heavy atom. The second-order valence-electron chi connectivity index (χ2n) is 11.8. The SMILES string of the molecule is COC(=O)c1nccnc1N.Cc1ccc2nc(-c3nc(-c4ccc(=O)n(C)c4)cnc3N)[nH]c2c1.Cc1ccc2nc(-c3nc(Br)cnc3N)[nH]c2c1. The molecule has 0 atom stereocenters. The van der Waals surface area contributed by atoms with E-state index in [1.807, 2.05) is 50.2 Å². The number of halogens is 1. The number of anilines is 3. The number of rotatable bonds is 4. The number of aryl methyl sites for hydroxylation is 3. The molecule has 0 bridgehead atoms. The number of H-pyrrole nitrogens is 2. The monoisotopic (exact) mass is 788 g/mol. The second kappa shape index (κ2) is 15.7. The number of pyridine rings is 1. The van der Waals surface area contributed by atoms with Gasteiger partial charge in [-0.3, -0.25) is 4.79 Å². The van der Waals surface area contributed by atoms with Gasteiger partial charge in [0.15, 0.2) is 34.8 Å². The van der Waals surface area contributed by atoms with Crippen molar-refractivity contribution in [1.82, 2.24) is 54.4 Å². The number of methoxy groups -OCH3 is 1. The van der Waals surface area contributed by atoms with Crippen LogP contribution in [0.5, 0.6) is 0 Å². The number of nitrogen functional groups attached to an aromatic ring is 3. The number of ether oxygens (including phenoxy) is 1. The summed E-state index contributed by atoms with van der Waals surface area (Å²) < 4.78 is 6.52. The third kappa shape index (κ3) is 8.18. The molecule has 2 aromatic carbocycles. The first kappa shape index (κ1) is 36.7. The summed E-state index contributed by atoms with van der Waals surface area (Å²) in [4.78, 5) is 62.4. The minimum absolute atomic E-state index is 0.0509. The van der Waals surface area contributed by atoms with Crippen molar-refractivity contribution in [2.45, 2.75) is 13.8 Å². The molecule has 0 spiro atoms. The van der Waals surface area contributed by atoms with Crippen LogP contribution in [0.2, 0.25) is 0 Å². The molecule has 6 aromatic heterocycles. The van der Waals surface area contributed by atoms with Crippen molar-refractivity contribution in [3.05, 3.63) is 111 Å². The van der Waals surface area contributed by atoms with Gasteiger partial charge in [0.25, 0.3) is 0 Å². The zero-order valence-corrected chi connectivity index (χ0v) is 31.0. The maximum Gasteiger partial charge on any atom is 0.360 e. The van der Waals surface area contributed by atoms with Crippen molar-refractivity contribution >= 4 is 61.4 Å². The van der Waals surface area contributed by atoms with E-state index in [2.05, 4.69) is 70.5 Å². The first-order valence-electron chi connectivity index (χ1n) is 16.1. The van der Waals surface area contributed by atoms with Crippen molar-refractivity contribution in [2.75, 3.05) is 24.3 Å². The Labute approximate surface area is 315 Å². The quantitative estimate of drug-likeness (QED) is 0.150. The highest BCUT2D eigenvalue weighted by atomic mass is 79.9. The predicted molar refractivity (Wildman–Crippen MR) is 209 cm³/mol. The smallest absolute Gasteiger partial charge is 0.360 e. The van der Waals surface area contributed by atoms with Crippen LogP contribution in [-0.2, 0) is 11.8 Å². The molecular weight excluding hydrogens is 756 g/mol. The number of aromatic amines is 2. The summed E-state index contributed by atoms with van der Waals surface area (Å²) in [5.74, 6) is 1.35. The number of hydrogen-bond acceptors (Lipinski definition) is 14. The van der Waals surface area contributed by atoms with Gasteiger partial charge in [-0.2, -0.15) is 0 Å². The number of nitrogens with two attached hydrogens (primary N) is 3. The number of hydrogen-bond donors (Lipinski definition) is 5. The fraction of sp³-hybridized carbons (Fsp3) is 0.111. The van der Waals surface area contributed by atoms with Crippen molar-refractivity contribution in [1.29, 1.82) is 0 Å². The molecule has 8 rings (SSSR count). The summed E-state index contributed by atoms with van der Waals surface area (Å²) in [6.45, 7) is 4.06. The molecule has 8 N–H and O–H groups in total. The number of nitrogens with zero attached hydrogens (tertiary/aromatic N) is 9. The lowest BCUT2D eigenvalue weighted by atomic mass is 10.2. The molecule has 272 valence electrons. The van der Waals surface area contributed by atoms with E-state index in [1.54, 1.807) is 31.7 Å². The summed E-state index contributed by atoms with van der Waals surface area (Å²) in [6.07, 6.45) is 7.65. The molecule has 0 fully saturated rings. The average Bonchev–Trinajstić information content (AvgIpc) is 3.78. The van der Waals surface area contributed by atoms with Crippen LogP contribution in [0.15, 0.2) is 88.9 Å². The van der Waals surface area contributed by atoms with Crippen LogP contribution >= 0.6 is 15.9 Å². The van der Waals surface area contributed by atoms with E-state index in [4.69, 9.17) is 17.2 Å². The highest BCUT2D eigenvalue weighted by Gasteiger charge is 2.15. The third-order valence-electron chi connectivity index (χ3n) is 7.78. The highest BCUT2D eigenvalue weighted by Crippen LogP contribution is 2.27. The molecule has 0 aliphatic heterocycles. The van der Waals surface area contributed by atoms with Gasteiger partial charge in [-0.05, 0) is 71.2 Å². The van der Waals surface area contributed by atoms with Gasteiger partial charge in [0.1, 0.15) is 16.0 Å². The first-order chi connectivity index (χ1) is 25.9. The molecule has 0 amide bonds. The van der Waals surface area contributed by atoms with Gasteiger partial charge >= 0.3 is 5.97 Å². The summed E-state index contributed by atoms with van der Waals surface area (Å²) in [6, 6.07) is 15.2. The van der Waals surface area contributed by atoms with Gasteiger partial charge in [-0.25, -0.2) is 44.7 Å². The van der Waals surface area contributed by atoms with Crippen LogP contribution in [0.25, 0.3) is 56.4 Å². The Balaban J connectivity index is 0.000000150. The standard InChI is InChI=1S/C18H16N6O.C12H10BrN5.C6H7N3O2/c1-10-3-5-12-13(7-10)23-18(22-12)16-17(19)20-8-14(21-16)11-4-6-15(25)24(2)9-11;1-6-2-3-7-8(4-6)17-12(16-7)10-11(14)15-5-9(13)18-10;1-11-6(10)4-5(7)9-3-2-8-4/h3-9H,1-2H3,(H2,19,20)(H,22,23);2-5H,1H3,(H2,14,15)(H,16,17);2-3H,1H3,(H2,7,9). The number of benzene rings is 2. The Morgan fingerprint density at radius 1 is 0.741 bits per heavy atom. The Kier molecular flexibility index (Phi) is 10.6. The zero-order valence-electron chi connectivity index (χ0n) is 29.4. The molecule has 0 saturated carbocycles. The van der Waals surface area contributed by atoms with Gasteiger partial charge in [0, 0.05) is 37.3 Å². The fourth-order valence-corrected chi connectivity index (χ4v) is 5.36.